The maximum absolute atomic E-state index is 10.0. The summed E-state index contributed by atoms with van der Waals surface area (Å²) in [6.45, 7) is 11.4. The summed E-state index contributed by atoms with van der Waals surface area (Å²) in [5.41, 5.74) is 20.3. The normalized spacial score (nSPS) is 10.9. The first-order valence-corrected chi connectivity index (χ1v) is 45.4. The van der Waals surface area contributed by atoms with Gasteiger partial charge in [0.05, 0.1) is 102 Å². The molecule has 20 aromatic rings. The number of aliphatic hydroxyl groups is 4. The Labute approximate surface area is 915 Å². The van der Waals surface area contributed by atoms with Crippen LogP contribution < -0.4 is 37.9 Å². The average Bonchev–Trinajstić information content (AvgIpc) is 1.59. The van der Waals surface area contributed by atoms with E-state index in [4.69, 9.17) is 58.3 Å². The van der Waals surface area contributed by atoms with Crippen LogP contribution in [0.3, 0.4) is 0 Å². The molecule has 0 radical (unpaired) electrons. The van der Waals surface area contributed by atoms with Gasteiger partial charge < -0.3 is 96.5 Å². The molecule has 4 N–H and O–H groups in total. The first-order chi connectivity index (χ1) is 69.7. The van der Waals surface area contributed by atoms with Crippen LogP contribution in [0.1, 0.15) is 55.4 Å². The van der Waals surface area contributed by atoms with Crippen LogP contribution >= 0.6 is 0 Å². The van der Waals surface area contributed by atoms with Crippen LogP contribution in [-0.2, 0) is 103 Å². The Bertz CT molecular complexity index is 7640. The van der Waals surface area contributed by atoms with Gasteiger partial charge in [-0.25, -0.2) is 0 Å². The van der Waals surface area contributed by atoms with Crippen LogP contribution in [0.2, 0.25) is 0 Å². The molecule has 0 spiro atoms. The molecule has 0 atom stereocenters. The number of hydrogen-bond donors (Lipinski definition) is 4. The Balaban J connectivity index is 0.000000200. The molecule has 0 fully saturated rings. The number of aromatic nitrogens is 9. The number of hydrogen-bond acceptors (Lipinski definition) is 21. The van der Waals surface area contributed by atoms with E-state index >= 15 is 0 Å². The molecule has 0 aliphatic rings. The van der Waals surface area contributed by atoms with Gasteiger partial charge in [-0.2, -0.15) is 0 Å². The summed E-state index contributed by atoms with van der Waals surface area (Å²) < 4.78 is 52.7. The van der Waals surface area contributed by atoms with E-state index in [9.17, 15) is 19.2 Å². The molecule has 9 heterocycles. The van der Waals surface area contributed by atoms with Gasteiger partial charge in [0.15, 0.2) is 23.1 Å². The predicted octanol–water partition coefficient (Wildman–Crippen LogP) is 26.2. The summed E-state index contributed by atoms with van der Waals surface area (Å²) in [5, 5.41) is 41.9. The fourth-order valence-corrected chi connectivity index (χ4v) is 16.3. The maximum Gasteiger partial charge on any atom is 0.155 e. The molecule has 20 rings (SSSR count). The zero-order valence-corrected chi connectivity index (χ0v) is 92.8. The second-order valence-corrected chi connectivity index (χ2v) is 32.4. The van der Waals surface area contributed by atoms with Gasteiger partial charge in [-0.1, -0.05) is 169 Å². The number of ketones is 4. The smallest absolute Gasteiger partial charge is 0.155 e. The van der Waals surface area contributed by atoms with E-state index in [1.54, 1.807) is 81.5 Å². The van der Waals surface area contributed by atoms with Crippen molar-refractivity contribution in [3.05, 3.63) is 382 Å². The number of nitrogens with zero attached hydrogens (tertiary/aromatic N) is 9. The number of rotatable bonds is 20. The predicted molar refractivity (Wildman–Crippen MR) is 570 cm³/mol. The zero-order chi connectivity index (χ0) is 103. The molecule has 0 unspecified atom stereocenters. The largest absolute Gasteiger partial charge is 0.540 e. The molecule has 0 saturated heterocycles. The molecule has 0 aliphatic heterocycles. The van der Waals surface area contributed by atoms with E-state index in [-0.39, 0.29) is 130 Å². The van der Waals surface area contributed by atoms with Crippen molar-refractivity contribution in [1.82, 2.24) is 43.2 Å². The topological polar surface area (TPSA) is 307 Å². The standard InChI is InChI=1S/3C25H19N2O2.C24H18N3O2.4C5H8O2.4Pt/c1-28-18-11-12-21(25(16-18)29-2)22-15-17(13-14-26-22)27-23-9-5-3-7-19(23)20-8-4-6-10-24(20)27;1-28-17-11-12-21(22-15-18(29-2)13-14-26-22)25(16-17)27-23-9-5-3-7-19(23)20-8-4-6-10-24(20)27;1-28-18-13-14-26-22(16-18)21-12-11-17(15-25(21)29-2)27-23-9-5-3-7-19(23)20-8-4-6-10-24(20)27;1-28-16-9-10-18(20-14-17(29-2)11-13-25-20)23(15-16)27-21-7-4-3-6-19(21)24-22(27)8-5-12-26-24;4*1-4(6)3-5(2)7;;;;/h3*3-11,13-16H,1-2H3;3-9,11-15H,1-2H3;4*3,6H,1-2H3;;;;/q4*-1;;;;;;;;. The Morgan fingerprint density at radius 1 is 0.250 bits per heavy atom. The number of carbonyl (C=O) groups is 4. The molecule has 148 heavy (non-hydrogen) atoms. The quantitative estimate of drug-likeness (QED) is 0.0313. The Kier molecular flexibility index (Phi) is 43.6. The van der Waals surface area contributed by atoms with E-state index in [1.165, 1.54) is 112 Å². The van der Waals surface area contributed by atoms with Crippen molar-refractivity contribution in [1.29, 1.82) is 0 Å². The molecule has 0 bridgehead atoms. The summed E-state index contributed by atoms with van der Waals surface area (Å²) in [6.07, 6.45) is 13.5. The molecule has 0 aliphatic carbocycles. The number of fused-ring (bicyclic) bond motifs is 12. The van der Waals surface area contributed by atoms with E-state index in [0.29, 0.717) is 17.2 Å². The minimum Gasteiger partial charge on any atom is -0.540 e. The number of aliphatic hydroxyl groups excluding tert-OH is 4. The SMILES string of the molecule is CC(=O)C=C(C)O.CC(=O)C=C(C)O.CC(=O)C=C(C)O.CC(=O)C=C(C)O.COc1c[c-]c(-c2cc(-n3c4ccccc4c4ccccc43)ccn2)c(OC)c1.COc1ccnc(-c2[c-]cc(-n3c4ccccc4c4ccccc43)cc2OC)c1.COc1ccnc(-c2[c-]cc(OC)cc2-n2c3ccccc3c3ccccc32)c1.COc1ccnc(-c2[c-]cc(OC)cc2-n2c3ccccc3c3ncccc32)c1.[Pt].[Pt].[Pt].[Pt]. The van der Waals surface area contributed by atoms with Gasteiger partial charge in [0.2, 0.25) is 0 Å². The molecule has 11 aromatic carbocycles. The van der Waals surface area contributed by atoms with Gasteiger partial charge in [-0.05, 0) is 192 Å². The average molecular weight is 2700 g/mol. The molecular weight excluding hydrogens is 2590 g/mol. The van der Waals surface area contributed by atoms with Gasteiger partial charge in [-0.3, -0.25) is 24.2 Å². The van der Waals surface area contributed by atoms with Crippen molar-refractivity contribution in [2.45, 2.75) is 55.4 Å². The number of methoxy groups -OCH3 is 8. The molecule has 0 amide bonds. The van der Waals surface area contributed by atoms with Crippen molar-refractivity contribution in [3.8, 4) is 114 Å². The fourth-order valence-electron chi connectivity index (χ4n) is 16.3. The summed E-state index contributed by atoms with van der Waals surface area (Å²) >= 11 is 0. The summed E-state index contributed by atoms with van der Waals surface area (Å²) in [4.78, 5) is 62.9. The van der Waals surface area contributed by atoms with E-state index in [1.807, 2.05) is 116 Å². The Morgan fingerprint density at radius 2 is 0.514 bits per heavy atom. The number of para-hydroxylation sites is 7. The van der Waals surface area contributed by atoms with Crippen molar-refractivity contribution in [2.24, 2.45) is 0 Å². The minimum atomic E-state index is -0.125. The maximum atomic E-state index is 10.0. The van der Waals surface area contributed by atoms with Crippen molar-refractivity contribution in [2.75, 3.05) is 56.9 Å². The number of benzene rings is 11. The Hall–Kier alpha value is -15.6. The number of pyridine rings is 5. The number of carbonyl (C=O) groups excluding carboxylic acids is 4. The fraction of sp³-hybridized carbons (Fsp3) is 0.134. The van der Waals surface area contributed by atoms with Gasteiger partial charge in [0, 0.05) is 239 Å². The minimum absolute atomic E-state index is 0. The first kappa shape index (κ1) is 116. The third-order valence-corrected chi connectivity index (χ3v) is 22.2. The summed E-state index contributed by atoms with van der Waals surface area (Å²) in [6, 6.07) is 107. The summed E-state index contributed by atoms with van der Waals surface area (Å²) in [7, 11) is 13.2. The van der Waals surface area contributed by atoms with E-state index in [2.05, 4.69) is 237 Å². The van der Waals surface area contributed by atoms with Crippen molar-refractivity contribution in [3.63, 3.8) is 0 Å². The second kappa shape index (κ2) is 55.6. The van der Waals surface area contributed by atoms with E-state index < -0.39 is 0 Å². The number of allylic oxidation sites excluding steroid dienone is 8. The van der Waals surface area contributed by atoms with Crippen molar-refractivity contribution >= 4 is 110 Å². The van der Waals surface area contributed by atoms with Crippen LogP contribution in [0.5, 0.6) is 46.0 Å². The zero-order valence-electron chi connectivity index (χ0n) is 83.7. The monoisotopic (exact) mass is 2700 g/mol. The molecule has 768 valence electrons. The summed E-state index contributed by atoms with van der Waals surface area (Å²) in [5.74, 6) is 5.55. The van der Waals surface area contributed by atoms with Gasteiger partial charge in [0.1, 0.15) is 17.2 Å². The van der Waals surface area contributed by atoms with Crippen molar-refractivity contribution < 1.29 is 162 Å². The third-order valence-electron chi connectivity index (χ3n) is 22.2. The second-order valence-electron chi connectivity index (χ2n) is 32.4. The van der Waals surface area contributed by atoms with Gasteiger partial charge in [-0.15, -0.1) is 59.7 Å². The molecule has 9 aromatic heterocycles. The molecular formula is C119H107N9O16Pt4-4. The third kappa shape index (κ3) is 28.6. The van der Waals surface area contributed by atoms with Crippen LogP contribution in [0, 0.1) is 24.3 Å². The van der Waals surface area contributed by atoms with E-state index in [0.717, 1.165) is 152 Å². The van der Waals surface area contributed by atoms with Crippen LogP contribution in [0.15, 0.2) is 357 Å². The molecule has 29 heteroatoms. The molecule has 0 saturated carbocycles. The number of ether oxygens (including phenoxy) is 8. The van der Waals surface area contributed by atoms with Gasteiger partial charge in [0.25, 0.3) is 0 Å². The molecule has 25 nitrogen and oxygen atoms in total. The van der Waals surface area contributed by atoms with Crippen LogP contribution in [0.25, 0.3) is 155 Å². The first-order valence-electron chi connectivity index (χ1n) is 45.4. The van der Waals surface area contributed by atoms with Gasteiger partial charge >= 0.3 is 0 Å². The van der Waals surface area contributed by atoms with Crippen LogP contribution in [-0.4, -0.2) is 144 Å². The van der Waals surface area contributed by atoms with Crippen LogP contribution in [0.4, 0.5) is 0 Å². The Morgan fingerprint density at radius 3 is 0.838 bits per heavy atom.